The molecule has 2 aliphatic rings. The van der Waals surface area contributed by atoms with Gasteiger partial charge >= 0.3 is 0 Å². The number of imide groups is 1. The quantitative estimate of drug-likeness (QED) is 0.587. The third kappa shape index (κ3) is 4.13. The summed E-state index contributed by atoms with van der Waals surface area (Å²) < 4.78 is 0. The van der Waals surface area contributed by atoms with Gasteiger partial charge in [-0.2, -0.15) is 0 Å². The summed E-state index contributed by atoms with van der Waals surface area (Å²) in [6, 6.07) is 10.1. The van der Waals surface area contributed by atoms with Crippen LogP contribution in [0.15, 0.2) is 30.3 Å². The van der Waals surface area contributed by atoms with Crippen LogP contribution in [0.25, 0.3) is 11.4 Å². The Morgan fingerprint density at radius 3 is 2.31 bits per heavy atom. The maximum absolute atomic E-state index is 12.0. The molecule has 1 aliphatic heterocycles. The molecular formula is C22H25ClN4O2. The van der Waals surface area contributed by atoms with Crippen molar-refractivity contribution in [3.05, 3.63) is 41.0 Å². The van der Waals surface area contributed by atoms with Crippen molar-refractivity contribution in [1.29, 1.82) is 0 Å². The molecule has 1 N–H and O–H groups in total. The summed E-state index contributed by atoms with van der Waals surface area (Å²) >= 11 is 6.47. The Balaban J connectivity index is 1.49. The van der Waals surface area contributed by atoms with Crippen molar-refractivity contribution in [3.63, 3.8) is 0 Å². The molecule has 4 rings (SSSR count). The fraction of sp³-hybridized carbons (Fsp3) is 0.455. The fourth-order valence-corrected chi connectivity index (χ4v) is 4.58. The zero-order valence-electron chi connectivity index (χ0n) is 16.5. The second kappa shape index (κ2) is 8.49. The molecule has 1 aromatic carbocycles. The normalized spacial score (nSPS) is 22.2. The minimum absolute atomic E-state index is 0.0187. The van der Waals surface area contributed by atoms with E-state index in [-0.39, 0.29) is 23.9 Å². The molecule has 2 heterocycles. The highest BCUT2D eigenvalue weighted by Crippen LogP contribution is 2.31. The molecule has 6 nitrogen and oxygen atoms in total. The van der Waals surface area contributed by atoms with Crippen molar-refractivity contribution < 1.29 is 9.59 Å². The first-order chi connectivity index (χ1) is 14.1. The van der Waals surface area contributed by atoms with Crippen molar-refractivity contribution in [3.8, 4) is 11.4 Å². The first-order valence-electron chi connectivity index (χ1n) is 10.3. The third-order valence-corrected chi connectivity index (χ3v) is 6.15. The lowest BCUT2D eigenvalue weighted by atomic mass is 9.90. The van der Waals surface area contributed by atoms with E-state index in [1.54, 1.807) is 0 Å². The average molecular weight is 413 g/mol. The number of nitrogens with zero attached hydrogens (tertiary/aromatic N) is 3. The van der Waals surface area contributed by atoms with Gasteiger partial charge in [-0.1, -0.05) is 48.9 Å². The van der Waals surface area contributed by atoms with Crippen LogP contribution in [-0.2, 0) is 16.0 Å². The summed E-state index contributed by atoms with van der Waals surface area (Å²) in [6.45, 7) is 2.04. The Hall–Kier alpha value is -2.47. The smallest absolute Gasteiger partial charge is 0.229 e. The third-order valence-electron chi connectivity index (χ3n) is 5.83. The highest BCUT2D eigenvalue weighted by atomic mass is 35.5. The Kier molecular flexibility index (Phi) is 5.81. The van der Waals surface area contributed by atoms with Crippen LogP contribution in [0.4, 0.5) is 5.82 Å². The lowest BCUT2D eigenvalue weighted by molar-refractivity contribution is -0.141. The van der Waals surface area contributed by atoms with Crippen molar-refractivity contribution in [2.45, 2.75) is 64.0 Å². The minimum atomic E-state index is -0.0187. The standard InChI is InChI=1S/C22H25ClN4O2/c1-2-17-20(23)25-21(14-6-4-3-5-7-14)26-22(17)24-15-8-10-16(11-9-15)27-18(28)12-13-19(27)29/h3-7,15-16H,2,8-13H2,1H3,(H,24,25,26). The number of benzene rings is 1. The largest absolute Gasteiger partial charge is 0.367 e. The van der Waals surface area contributed by atoms with E-state index in [0.717, 1.165) is 49.0 Å². The number of likely N-dealkylation sites (tertiary alicyclic amines) is 1. The van der Waals surface area contributed by atoms with Gasteiger partial charge in [0.15, 0.2) is 5.82 Å². The van der Waals surface area contributed by atoms with Gasteiger partial charge in [0.1, 0.15) is 11.0 Å². The number of aromatic nitrogens is 2. The number of carbonyl (C=O) groups excluding carboxylic acids is 2. The highest BCUT2D eigenvalue weighted by Gasteiger charge is 2.37. The average Bonchev–Trinajstić information content (AvgIpc) is 3.07. The van der Waals surface area contributed by atoms with E-state index in [9.17, 15) is 9.59 Å². The van der Waals surface area contributed by atoms with Crippen molar-refractivity contribution in [1.82, 2.24) is 14.9 Å². The van der Waals surface area contributed by atoms with Crippen LogP contribution in [0.3, 0.4) is 0 Å². The summed E-state index contributed by atoms with van der Waals surface area (Å²) in [5.74, 6) is 1.35. The number of carbonyl (C=O) groups is 2. The van der Waals surface area contributed by atoms with Crippen LogP contribution < -0.4 is 5.32 Å². The topological polar surface area (TPSA) is 75.2 Å². The number of amides is 2. The molecule has 0 radical (unpaired) electrons. The number of rotatable bonds is 5. The van der Waals surface area contributed by atoms with E-state index in [4.69, 9.17) is 16.6 Å². The summed E-state index contributed by atoms with van der Waals surface area (Å²) in [7, 11) is 0. The molecule has 2 fully saturated rings. The molecule has 2 aromatic rings. The summed E-state index contributed by atoms with van der Waals surface area (Å²) in [4.78, 5) is 34.8. The van der Waals surface area contributed by atoms with Gasteiger partial charge in [0.05, 0.1) is 0 Å². The Morgan fingerprint density at radius 1 is 1.03 bits per heavy atom. The second-order valence-corrected chi connectivity index (χ2v) is 8.05. The molecular weight excluding hydrogens is 388 g/mol. The second-order valence-electron chi connectivity index (χ2n) is 7.69. The molecule has 1 saturated carbocycles. The summed E-state index contributed by atoms with van der Waals surface area (Å²) in [6.07, 6.45) is 4.86. The van der Waals surface area contributed by atoms with Gasteiger partial charge in [0, 0.05) is 36.1 Å². The van der Waals surface area contributed by atoms with Crippen LogP contribution in [0, 0.1) is 0 Å². The Bertz CT molecular complexity index is 895. The molecule has 0 spiro atoms. The summed E-state index contributed by atoms with van der Waals surface area (Å²) in [5, 5.41) is 4.04. The molecule has 1 aliphatic carbocycles. The molecule has 29 heavy (non-hydrogen) atoms. The monoisotopic (exact) mass is 412 g/mol. The lowest BCUT2D eigenvalue weighted by Crippen LogP contribution is -2.43. The number of anilines is 1. The lowest BCUT2D eigenvalue weighted by Gasteiger charge is -2.34. The van der Waals surface area contributed by atoms with Gasteiger partial charge in [0.25, 0.3) is 0 Å². The Labute approximate surface area is 175 Å². The van der Waals surface area contributed by atoms with Crippen LogP contribution in [0.2, 0.25) is 5.15 Å². The molecule has 1 aromatic heterocycles. The van der Waals surface area contributed by atoms with Crippen molar-refractivity contribution >= 4 is 29.2 Å². The van der Waals surface area contributed by atoms with Gasteiger partial charge in [-0.05, 0) is 32.1 Å². The first kappa shape index (κ1) is 19.8. The van der Waals surface area contributed by atoms with E-state index in [1.165, 1.54) is 4.90 Å². The van der Waals surface area contributed by atoms with Gasteiger partial charge in [-0.25, -0.2) is 9.97 Å². The van der Waals surface area contributed by atoms with Crippen LogP contribution in [0.5, 0.6) is 0 Å². The van der Waals surface area contributed by atoms with Gasteiger partial charge in [-0.15, -0.1) is 0 Å². The Morgan fingerprint density at radius 2 is 1.69 bits per heavy atom. The van der Waals surface area contributed by atoms with Crippen LogP contribution in [-0.4, -0.2) is 38.8 Å². The van der Waals surface area contributed by atoms with E-state index >= 15 is 0 Å². The predicted octanol–water partition coefficient (Wildman–Crippen LogP) is 4.23. The predicted molar refractivity (Wildman–Crippen MR) is 113 cm³/mol. The summed E-state index contributed by atoms with van der Waals surface area (Å²) in [5.41, 5.74) is 1.84. The van der Waals surface area contributed by atoms with Gasteiger partial charge in [-0.3, -0.25) is 14.5 Å². The fourth-order valence-electron chi connectivity index (χ4n) is 4.28. The maximum Gasteiger partial charge on any atom is 0.229 e. The molecule has 2 amide bonds. The van der Waals surface area contributed by atoms with Gasteiger partial charge < -0.3 is 5.32 Å². The van der Waals surface area contributed by atoms with E-state index < -0.39 is 0 Å². The van der Waals surface area contributed by atoms with Crippen LogP contribution >= 0.6 is 11.6 Å². The SMILES string of the molecule is CCc1c(Cl)nc(-c2ccccc2)nc1NC1CCC(N2C(=O)CCC2=O)CC1. The molecule has 152 valence electrons. The zero-order chi connectivity index (χ0) is 20.4. The minimum Gasteiger partial charge on any atom is -0.367 e. The van der Waals surface area contributed by atoms with Gasteiger partial charge in [0.2, 0.25) is 11.8 Å². The maximum atomic E-state index is 12.0. The molecule has 0 bridgehead atoms. The zero-order valence-corrected chi connectivity index (χ0v) is 17.3. The van der Waals surface area contributed by atoms with Crippen molar-refractivity contribution in [2.75, 3.05) is 5.32 Å². The van der Waals surface area contributed by atoms with Crippen molar-refractivity contribution in [2.24, 2.45) is 0 Å². The first-order valence-corrected chi connectivity index (χ1v) is 10.7. The van der Waals surface area contributed by atoms with E-state index in [0.29, 0.717) is 23.8 Å². The molecule has 1 saturated heterocycles. The van der Waals surface area contributed by atoms with Crippen LogP contribution in [0.1, 0.15) is 51.0 Å². The van der Waals surface area contributed by atoms with E-state index in [1.807, 2.05) is 37.3 Å². The number of hydrogen-bond donors (Lipinski definition) is 1. The molecule has 0 atom stereocenters. The number of halogens is 1. The number of hydrogen-bond acceptors (Lipinski definition) is 5. The molecule has 0 unspecified atom stereocenters. The number of nitrogens with one attached hydrogen (secondary N) is 1. The highest BCUT2D eigenvalue weighted by molar-refractivity contribution is 6.30. The van der Waals surface area contributed by atoms with E-state index in [2.05, 4.69) is 10.3 Å². The molecule has 7 heteroatoms.